The number of hydrogen-bond donors (Lipinski definition) is 3. The molecule has 0 spiro atoms. The van der Waals surface area contributed by atoms with Crippen LogP contribution in [-0.4, -0.2) is 39.1 Å². The number of hydrogen-bond acceptors (Lipinski definition) is 6. The Bertz CT molecular complexity index is 1070. The van der Waals surface area contributed by atoms with Crippen LogP contribution in [0.5, 0.6) is 5.75 Å². The molecular formula is C21H24N2O6S. The van der Waals surface area contributed by atoms with Crippen molar-refractivity contribution in [1.29, 1.82) is 0 Å². The largest absolute Gasteiger partial charge is 0.505 e. The number of carbonyl (C=O) groups excluding carboxylic acids is 2. The molecule has 0 aliphatic heterocycles. The molecule has 8 nitrogen and oxygen atoms in total. The van der Waals surface area contributed by atoms with E-state index in [0.717, 1.165) is 31.2 Å². The molecule has 0 saturated carbocycles. The van der Waals surface area contributed by atoms with E-state index in [9.17, 15) is 23.1 Å². The molecular weight excluding hydrogens is 408 g/mol. The molecule has 9 heteroatoms. The lowest BCUT2D eigenvalue weighted by atomic mass is 9.92. The van der Waals surface area contributed by atoms with Crippen molar-refractivity contribution in [3.05, 3.63) is 53.1 Å². The molecule has 0 unspecified atom stereocenters. The number of methoxy groups -OCH3 is 1. The van der Waals surface area contributed by atoms with Crippen LogP contribution in [0.15, 0.2) is 41.3 Å². The summed E-state index contributed by atoms with van der Waals surface area (Å²) in [5, 5.41) is 12.6. The maximum Gasteiger partial charge on any atom is 0.341 e. The monoisotopic (exact) mass is 432 g/mol. The lowest BCUT2D eigenvalue weighted by Gasteiger charge is -2.16. The lowest BCUT2D eigenvalue weighted by molar-refractivity contribution is -0.116. The van der Waals surface area contributed by atoms with Crippen molar-refractivity contribution in [3.8, 4) is 5.75 Å². The third-order valence-corrected chi connectivity index (χ3v) is 6.45. The molecule has 0 saturated heterocycles. The first kappa shape index (κ1) is 21.8. The van der Waals surface area contributed by atoms with Gasteiger partial charge in [-0.1, -0.05) is 12.1 Å². The molecule has 0 bridgehead atoms. The maximum absolute atomic E-state index is 12.5. The smallest absolute Gasteiger partial charge is 0.341 e. The summed E-state index contributed by atoms with van der Waals surface area (Å²) in [6, 6.07) is 9.42. The lowest BCUT2D eigenvalue weighted by Crippen LogP contribution is -2.28. The first-order valence-electron chi connectivity index (χ1n) is 9.63. The van der Waals surface area contributed by atoms with E-state index >= 15 is 0 Å². The van der Waals surface area contributed by atoms with E-state index in [2.05, 4.69) is 14.8 Å². The summed E-state index contributed by atoms with van der Waals surface area (Å²) >= 11 is 0. The van der Waals surface area contributed by atoms with Crippen molar-refractivity contribution in [3.63, 3.8) is 0 Å². The Morgan fingerprint density at radius 2 is 1.83 bits per heavy atom. The van der Waals surface area contributed by atoms with E-state index < -0.39 is 27.6 Å². The van der Waals surface area contributed by atoms with Gasteiger partial charge in [0.05, 0.1) is 17.7 Å². The minimum absolute atomic E-state index is 0.0421. The second-order valence-electron chi connectivity index (χ2n) is 7.03. The van der Waals surface area contributed by atoms with Gasteiger partial charge in [0.2, 0.25) is 15.9 Å². The summed E-state index contributed by atoms with van der Waals surface area (Å²) in [5.74, 6) is -1.66. The third-order valence-electron chi connectivity index (χ3n) is 4.99. The average molecular weight is 432 g/mol. The molecule has 1 amide bonds. The predicted octanol–water partition coefficient (Wildman–Crippen LogP) is 2.36. The van der Waals surface area contributed by atoms with Crippen LogP contribution in [0, 0.1) is 0 Å². The average Bonchev–Trinajstić information content (AvgIpc) is 2.74. The van der Waals surface area contributed by atoms with Gasteiger partial charge in [0, 0.05) is 13.0 Å². The second-order valence-corrected chi connectivity index (χ2v) is 8.79. The molecule has 2 aromatic carbocycles. The number of aryl methyl sites for hydroxylation is 2. The van der Waals surface area contributed by atoms with Crippen LogP contribution in [-0.2, 0) is 32.4 Å². The molecule has 160 valence electrons. The number of nitrogens with one attached hydrogen (secondary N) is 2. The number of para-hydroxylation sites is 1. The molecule has 1 aliphatic rings. The number of phenols is 1. The molecule has 2 aromatic rings. The first-order valence-corrected chi connectivity index (χ1v) is 11.1. The van der Waals surface area contributed by atoms with Crippen LogP contribution in [0.4, 0.5) is 5.69 Å². The third kappa shape index (κ3) is 4.98. The van der Waals surface area contributed by atoms with Gasteiger partial charge in [-0.15, -0.1) is 0 Å². The minimum atomic E-state index is -3.73. The molecule has 3 N–H and O–H groups in total. The molecule has 0 atom stereocenters. The van der Waals surface area contributed by atoms with Crippen LogP contribution in [0.1, 0.15) is 40.7 Å². The maximum atomic E-state index is 12.5. The summed E-state index contributed by atoms with van der Waals surface area (Å²) in [7, 11) is -2.55. The zero-order chi connectivity index (χ0) is 21.7. The Labute approximate surface area is 175 Å². The zero-order valence-corrected chi connectivity index (χ0v) is 17.4. The van der Waals surface area contributed by atoms with Gasteiger partial charge >= 0.3 is 5.97 Å². The number of fused-ring (bicyclic) bond motifs is 1. The molecule has 0 aromatic heterocycles. The van der Waals surface area contributed by atoms with Crippen LogP contribution in [0.2, 0.25) is 0 Å². The standard InChI is InChI=1S/C21H24N2O6S/c1-29-21(26)17-7-4-8-18(20(17)25)23-19(24)11-12-22-30(27,28)16-10-9-14-5-2-3-6-15(14)13-16/h4,7-10,13,22,25H,2-3,5-6,11-12H2,1H3,(H,23,24). The topological polar surface area (TPSA) is 122 Å². The predicted molar refractivity (Wildman–Crippen MR) is 111 cm³/mol. The van der Waals surface area contributed by atoms with Crippen molar-refractivity contribution >= 4 is 27.6 Å². The Hall–Kier alpha value is -2.91. The highest BCUT2D eigenvalue weighted by atomic mass is 32.2. The molecule has 0 radical (unpaired) electrons. The highest BCUT2D eigenvalue weighted by molar-refractivity contribution is 7.89. The van der Waals surface area contributed by atoms with E-state index in [0.29, 0.717) is 0 Å². The van der Waals surface area contributed by atoms with Gasteiger partial charge in [-0.2, -0.15) is 0 Å². The molecule has 0 fully saturated rings. The van der Waals surface area contributed by atoms with Crippen molar-refractivity contribution in [1.82, 2.24) is 4.72 Å². The van der Waals surface area contributed by atoms with E-state index in [1.165, 1.54) is 30.9 Å². The number of sulfonamides is 1. The summed E-state index contributed by atoms with van der Waals surface area (Å²) in [6.45, 7) is -0.108. The quantitative estimate of drug-likeness (QED) is 0.456. The van der Waals surface area contributed by atoms with E-state index in [1.807, 2.05) is 6.07 Å². The van der Waals surface area contributed by atoms with Crippen molar-refractivity contribution in [2.45, 2.75) is 37.0 Å². The van der Waals surface area contributed by atoms with Crippen molar-refractivity contribution in [2.24, 2.45) is 0 Å². The van der Waals surface area contributed by atoms with Crippen LogP contribution in [0.3, 0.4) is 0 Å². The highest BCUT2D eigenvalue weighted by Crippen LogP contribution is 2.28. The molecule has 30 heavy (non-hydrogen) atoms. The highest BCUT2D eigenvalue weighted by Gasteiger charge is 2.19. The van der Waals surface area contributed by atoms with E-state index in [4.69, 9.17) is 0 Å². The Morgan fingerprint density at radius 1 is 1.10 bits per heavy atom. The number of aromatic hydroxyl groups is 1. The van der Waals surface area contributed by atoms with Crippen molar-refractivity contribution in [2.75, 3.05) is 19.0 Å². The SMILES string of the molecule is COC(=O)c1cccc(NC(=O)CCNS(=O)(=O)c2ccc3c(c2)CCCC3)c1O. The van der Waals surface area contributed by atoms with E-state index in [-0.39, 0.29) is 29.1 Å². The Kier molecular flexibility index (Phi) is 6.73. The molecule has 0 heterocycles. The van der Waals surface area contributed by atoms with Gasteiger partial charge in [0.1, 0.15) is 5.56 Å². The van der Waals surface area contributed by atoms with Gasteiger partial charge in [-0.25, -0.2) is 17.9 Å². The normalized spacial score (nSPS) is 13.4. The Balaban J connectivity index is 1.58. The number of benzene rings is 2. The fourth-order valence-electron chi connectivity index (χ4n) is 3.39. The van der Waals surface area contributed by atoms with Crippen LogP contribution >= 0.6 is 0 Å². The van der Waals surface area contributed by atoms with Gasteiger partial charge in [0.15, 0.2) is 5.75 Å². The van der Waals surface area contributed by atoms with Gasteiger partial charge in [-0.05, 0) is 61.1 Å². The zero-order valence-electron chi connectivity index (χ0n) is 16.6. The number of rotatable bonds is 7. The van der Waals surface area contributed by atoms with Crippen LogP contribution < -0.4 is 10.0 Å². The minimum Gasteiger partial charge on any atom is -0.505 e. The summed E-state index contributed by atoms with van der Waals surface area (Å²) in [6.07, 6.45) is 3.85. The Morgan fingerprint density at radius 3 is 2.57 bits per heavy atom. The van der Waals surface area contributed by atoms with Gasteiger partial charge in [0.25, 0.3) is 0 Å². The first-order chi connectivity index (χ1) is 14.3. The number of anilines is 1. The number of ether oxygens (including phenoxy) is 1. The van der Waals surface area contributed by atoms with Gasteiger partial charge in [-0.3, -0.25) is 4.79 Å². The summed E-state index contributed by atoms with van der Waals surface area (Å²) < 4.78 is 32.1. The number of phenolic OH excluding ortho intramolecular Hbond substituents is 1. The fraction of sp³-hybridized carbons (Fsp3) is 0.333. The van der Waals surface area contributed by atoms with Crippen molar-refractivity contribution < 1.29 is 27.9 Å². The van der Waals surface area contributed by atoms with Gasteiger partial charge < -0.3 is 15.2 Å². The number of amides is 1. The second kappa shape index (κ2) is 9.27. The molecule has 1 aliphatic carbocycles. The summed E-state index contributed by atoms with van der Waals surface area (Å²) in [5.41, 5.74) is 2.21. The number of carbonyl (C=O) groups is 2. The van der Waals surface area contributed by atoms with E-state index in [1.54, 1.807) is 12.1 Å². The summed E-state index contributed by atoms with van der Waals surface area (Å²) in [4.78, 5) is 24.0. The van der Waals surface area contributed by atoms with Crippen LogP contribution in [0.25, 0.3) is 0 Å². The fourth-order valence-corrected chi connectivity index (χ4v) is 4.47. The molecule has 3 rings (SSSR count). The number of esters is 1.